The molecule has 2 amide bonds. The number of nitrogens with zero attached hydrogens (tertiary/aromatic N) is 3. The van der Waals surface area contributed by atoms with Crippen molar-refractivity contribution in [1.82, 2.24) is 14.8 Å². The van der Waals surface area contributed by atoms with Gasteiger partial charge in [0.25, 0.3) is 5.91 Å². The summed E-state index contributed by atoms with van der Waals surface area (Å²) < 4.78 is 6.25. The predicted octanol–water partition coefficient (Wildman–Crippen LogP) is 2.71. The van der Waals surface area contributed by atoms with Gasteiger partial charge in [-0.3, -0.25) is 9.59 Å². The average Bonchev–Trinajstić information content (AvgIpc) is 2.74. The topological polar surface area (TPSA) is 83.0 Å². The van der Waals surface area contributed by atoms with E-state index in [2.05, 4.69) is 23.7 Å². The fourth-order valence-corrected chi connectivity index (χ4v) is 4.00. The number of pyridine rings is 1. The zero-order valence-electron chi connectivity index (χ0n) is 19.6. The summed E-state index contributed by atoms with van der Waals surface area (Å²) >= 11 is 0. The maximum absolute atomic E-state index is 13.4. The van der Waals surface area contributed by atoms with Crippen molar-refractivity contribution in [1.29, 1.82) is 0 Å². The van der Waals surface area contributed by atoms with E-state index in [9.17, 15) is 14.7 Å². The molecular formula is C25H35N3O4. The molecule has 1 aromatic rings. The van der Waals surface area contributed by atoms with Gasteiger partial charge in [-0.1, -0.05) is 32.1 Å². The third kappa shape index (κ3) is 5.42. The van der Waals surface area contributed by atoms with Crippen molar-refractivity contribution in [2.24, 2.45) is 11.8 Å². The monoisotopic (exact) mass is 441 g/mol. The first-order chi connectivity index (χ1) is 15.3. The molecule has 2 heterocycles. The summed E-state index contributed by atoms with van der Waals surface area (Å²) in [4.78, 5) is 33.9. The van der Waals surface area contributed by atoms with Crippen molar-refractivity contribution in [2.45, 2.75) is 65.0 Å². The molecule has 1 aliphatic carbocycles. The maximum atomic E-state index is 13.4. The fraction of sp³-hybridized carbons (Fsp3) is 0.640. The number of aromatic nitrogens is 1. The number of carbonyl (C=O) groups excluding carboxylic acids is 2. The summed E-state index contributed by atoms with van der Waals surface area (Å²) in [5.74, 6) is 6.39. The molecule has 2 aliphatic rings. The van der Waals surface area contributed by atoms with Crippen LogP contribution in [0.25, 0.3) is 0 Å². The lowest BCUT2D eigenvalue weighted by atomic mass is 9.84. The maximum Gasteiger partial charge on any atom is 0.259 e. The predicted molar refractivity (Wildman–Crippen MR) is 122 cm³/mol. The third-order valence-corrected chi connectivity index (χ3v) is 6.41. The van der Waals surface area contributed by atoms with Gasteiger partial charge < -0.3 is 19.6 Å². The van der Waals surface area contributed by atoms with E-state index in [1.165, 1.54) is 0 Å². The Morgan fingerprint density at radius 3 is 2.81 bits per heavy atom. The van der Waals surface area contributed by atoms with Crippen LogP contribution in [0.15, 0.2) is 12.3 Å². The highest BCUT2D eigenvalue weighted by Crippen LogP contribution is 2.30. The van der Waals surface area contributed by atoms with Crippen LogP contribution in [-0.2, 0) is 4.79 Å². The molecule has 174 valence electrons. The summed E-state index contributed by atoms with van der Waals surface area (Å²) in [7, 11) is 1.82. The summed E-state index contributed by atoms with van der Waals surface area (Å²) in [5, 5.41) is 9.76. The molecule has 3 rings (SSSR count). The van der Waals surface area contributed by atoms with E-state index in [-0.39, 0.29) is 48.3 Å². The Morgan fingerprint density at radius 2 is 2.19 bits per heavy atom. The Balaban J connectivity index is 1.91. The highest BCUT2D eigenvalue weighted by Gasteiger charge is 2.36. The second-order valence-electron chi connectivity index (χ2n) is 9.10. The van der Waals surface area contributed by atoms with E-state index in [4.69, 9.17) is 4.74 Å². The van der Waals surface area contributed by atoms with Crippen molar-refractivity contribution >= 4 is 11.8 Å². The molecule has 0 radical (unpaired) electrons. The summed E-state index contributed by atoms with van der Waals surface area (Å²) in [6, 6.07) is 1.38. The number of ether oxygens (including phenoxy) is 1. The van der Waals surface area contributed by atoms with Gasteiger partial charge in [-0.05, 0) is 32.3 Å². The SMILES string of the molecule is CCCC#Cc1cnc2c(c1)C(=O)N([C@H](C)CO)C[C@@H](C)[C@@H](CN(C)C(=O)C1CCC1)O2. The lowest BCUT2D eigenvalue weighted by Gasteiger charge is -2.38. The molecule has 1 N–H and O–H groups in total. The van der Waals surface area contributed by atoms with Crippen molar-refractivity contribution in [3.05, 3.63) is 23.4 Å². The van der Waals surface area contributed by atoms with Crippen molar-refractivity contribution in [3.63, 3.8) is 0 Å². The number of aliphatic hydroxyl groups is 1. The van der Waals surface area contributed by atoms with E-state index in [0.717, 1.165) is 32.1 Å². The molecule has 1 saturated carbocycles. The van der Waals surface area contributed by atoms with Crippen molar-refractivity contribution < 1.29 is 19.4 Å². The van der Waals surface area contributed by atoms with Crippen LogP contribution in [0.3, 0.4) is 0 Å². The third-order valence-electron chi connectivity index (χ3n) is 6.41. The molecule has 1 aliphatic heterocycles. The Bertz CT molecular complexity index is 887. The van der Waals surface area contributed by atoms with Gasteiger partial charge in [0.05, 0.1) is 19.2 Å². The number of amides is 2. The molecule has 0 bridgehead atoms. The Kier molecular flexibility index (Phi) is 8.14. The molecule has 7 nitrogen and oxygen atoms in total. The van der Waals surface area contributed by atoms with Crippen LogP contribution in [0.5, 0.6) is 5.88 Å². The van der Waals surface area contributed by atoms with Crippen LogP contribution in [-0.4, -0.2) is 70.6 Å². The number of unbranched alkanes of at least 4 members (excludes halogenated alkanes) is 1. The van der Waals surface area contributed by atoms with Crippen LogP contribution in [0.4, 0.5) is 0 Å². The quantitative estimate of drug-likeness (QED) is 0.687. The Labute approximate surface area is 191 Å². The molecule has 1 fully saturated rings. The average molecular weight is 442 g/mol. The smallest absolute Gasteiger partial charge is 0.259 e. The minimum absolute atomic E-state index is 0.0523. The Morgan fingerprint density at radius 1 is 1.44 bits per heavy atom. The lowest BCUT2D eigenvalue weighted by molar-refractivity contribution is -0.138. The zero-order chi connectivity index (χ0) is 23.3. The van der Waals surface area contributed by atoms with Crippen molar-refractivity contribution in [3.8, 4) is 17.7 Å². The zero-order valence-corrected chi connectivity index (χ0v) is 19.6. The van der Waals surface area contributed by atoms with Crippen LogP contribution in [0.2, 0.25) is 0 Å². The number of fused-ring (bicyclic) bond motifs is 1. The largest absolute Gasteiger partial charge is 0.472 e. The summed E-state index contributed by atoms with van der Waals surface area (Å²) in [6.07, 6.45) is 6.05. The van der Waals surface area contributed by atoms with Gasteiger partial charge in [0.1, 0.15) is 11.7 Å². The van der Waals surface area contributed by atoms with Crippen molar-refractivity contribution in [2.75, 3.05) is 26.7 Å². The second-order valence-corrected chi connectivity index (χ2v) is 9.10. The highest BCUT2D eigenvalue weighted by molar-refractivity contribution is 5.97. The standard InChI is InChI=1S/C25H35N3O4/c1-5-6-7-9-19-12-21-23(26-13-19)32-22(15-27(4)24(30)20-10-8-11-20)17(2)14-28(25(21)31)18(3)16-29/h12-13,17-18,20,22,29H,5-6,8,10-11,14-16H2,1-4H3/t17-,18-,22-/m1/s1. The molecule has 0 spiro atoms. The van der Waals surface area contributed by atoms with Gasteiger partial charge >= 0.3 is 0 Å². The van der Waals surface area contributed by atoms with E-state index < -0.39 is 0 Å². The normalized spacial score (nSPS) is 21.8. The molecule has 7 heteroatoms. The second kappa shape index (κ2) is 10.8. The summed E-state index contributed by atoms with van der Waals surface area (Å²) in [6.45, 7) is 6.60. The van der Waals surface area contributed by atoms with Gasteiger partial charge in [-0.15, -0.1) is 0 Å². The first kappa shape index (κ1) is 24.1. The minimum atomic E-state index is -0.347. The lowest BCUT2D eigenvalue weighted by Crippen LogP contribution is -2.51. The van der Waals surface area contributed by atoms with Gasteiger partial charge in [-0.2, -0.15) is 0 Å². The first-order valence-corrected chi connectivity index (χ1v) is 11.7. The number of hydrogen-bond acceptors (Lipinski definition) is 5. The van der Waals surface area contributed by atoms with E-state index >= 15 is 0 Å². The van der Waals surface area contributed by atoms with Crippen LogP contribution in [0.1, 0.15) is 68.8 Å². The first-order valence-electron chi connectivity index (χ1n) is 11.7. The molecule has 0 unspecified atom stereocenters. The number of likely N-dealkylation sites (N-methyl/N-ethyl adjacent to an activating group) is 1. The molecule has 0 aromatic carbocycles. The molecule has 1 aromatic heterocycles. The molecular weight excluding hydrogens is 406 g/mol. The molecule has 32 heavy (non-hydrogen) atoms. The van der Waals surface area contributed by atoms with Crippen LogP contribution in [0, 0.1) is 23.7 Å². The van der Waals surface area contributed by atoms with Crippen LogP contribution < -0.4 is 4.74 Å². The number of rotatable bonds is 6. The highest BCUT2D eigenvalue weighted by atomic mass is 16.5. The van der Waals surface area contributed by atoms with Gasteiger partial charge in [0.2, 0.25) is 11.8 Å². The van der Waals surface area contributed by atoms with E-state index in [0.29, 0.717) is 24.2 Å². The minimum Gasteiger partial charge on any atom is -0.472 e. The number of aliphatic hydroxyl groups excluding tert-OH is 1. The number of carbonyl (C=O) groups is 2. The molecule has 0 saturated heterocycles. The van der Waals surface area contributed by atoms with Gasteiger partial charge in [0, 0.05) is 43.6 Å². The van der Waals surface area contributed by atoms with Gasteiger partial charge in [-0.25, -0.2) is 4.98 Å². The Hall–Kier alpha value is -2.59. The van der Waals surface area contributed by atoms with E-state index in [1.807, 2.05) is 20.9 Å². The van der Waals surface area contributed by atoms with E-state index in [1.54, 1.807) is 22.1 Å². The molecule has 3 atom stereocenters. The van der Waals surface area contributed by atoms with Gasteiger partial charge in [0.15, 0.2) is 0 Å². The summed E-state index contributed by atoms with van der Waals surface area (Å²) in [5.41, 5.74) is 1.01. The number of hydrogen-bond donors (Lipinski definition) is 1. The fourth-order valence-electron chi connectivity index (χ4n) is 4.00. The van der Waals surface area contributed by atoms with Crippen LogP contribution >= 0.6 is 0 Å².